The molecule has 0 spiro atoms. The van der Waals surface area contributed by atoms with E-state index in [0.29, 0.717) is 12.8 Å². The molecule has 2 aliphatic rings. The number of nitrogens with zero attached hydrogens (tertiary/aromatic N) is 2. The van der Waals surface area contributed by atoms with Gasteiger partial charge in [0.2, 0.25) is 15.9 Å². The molecule has 0 saturated carbocycles. The Labute approximate surface area is 171 Å². The molecule has 0 aromatic heterocycles. The Hall–Kier alpha value is -1.22. The number of sulfonamides is 1. The molecule has 0 unspecified atom stereocenters. The van der Waals surface area contributed by atoms with Gasteiger partial charge in [0.15, 0.2) is 0 Å². The van der Waals surface area contributed by atoms with Crippen LogP contribution < -0.4 is 5.32 Å². The maximum absolute atomic E-state index is 13.9. The van der Waals surface area contributed by atoms with Gasteiger partial charge in [-0.2, -0.15) is 0 Å². The van der Waals surface area contributed by atoms with Gasteiger partial charge in [-0.15, -0.1) is 0 Å². The largest absolute Gasteiger partial charge is 0.353 e. The summed E-state index contributed by atoms with van der Waals surface area (Å²) in [6.45, 7) is 2.47. The fraction of sp³-hybridized carbons (Fsp3) is 0.632. The topological polar surface area (TPSA) is 69.7 Å². The van der Waals surface area contributed by atoms with Crippen LogP contribution in [-0.2, 0) is 20.6 Å². The van der Waals surface area contributed by atoms with Crippen LogP contribution in [0.25, 0.3) is 0 Å². The molecular weight excluding hydrogens is 405 g/mol. The third-order valence-corrected chi connectivity index (χ3v) is 7.83. The lowest BCUT2D eigenvalue weighted by Crippen LogP contribution is -2.48. The first-order chi connectivity index (χ1) is 13.3. The molecule has 1 N–H and O–H groups in total. The smallest absolute Gasteiger partial charge is 0.223 e. The van der Waals surface area contributed by atoms with Crippen molar-refractivity contribution < 1.29 is 17.6 Å². The van der Waals surface area contributed by atoms with Gasteiger partial charge >= 0.3 is 0 Å². The highest BCUT2D eigenvalue weighted by atomic mass is 35.5. The van der Waals surface area contributed by atoms with Crippen molar-refractivity contribution in [1.82, 2.24) is 14.5 Å². The van der Waals surface area contributed by atoms with Crippen LogP contribution in [0.3, 0.4) is 0 Å². The summed E-state index contributed by atoms with van der Waals surface area (Å²) in [5.41, 5.74) is -0.00806. The molecule has 0 radical (unpaired) electrons. The minimum Gasteiger partial charge on any atom is -0.353 e. The second-order valence-electron chi connectivity index (χ2n) is 7.72. The number of piperidine rings is 2. The van der Waals surface area contributed by atoms with Crippen LogP contribution in [0, 0.1) is 11.7 Å². The van der Waals surface area contributed by atoms with Crippen LogP contribution in [0.15, 0.2) is 18.2 Å². The van der Waals surface area contributed by atoms with Crippen LogP contribution >= 0.6 is 11.6 Å². The maximum atomic E-state index is 13.9. The Morgan fingerprint density at radius 3 is 2.43 bits per heavy atom. The van der Waals surface area contributed by atoms with Crippen molar-refractivity contribution >= 4 is 27.5 Å². The number of halogens is 2. The van der Waals surface area contributed by atoms with Gasteiger partial charge in [0.1, 0.15) is 5.82 Å². The van der Waals surface area contributed by atoms with E-state index in [1.165, 1.54) is 22.5 Å². The van der Waals surface area contributed by atoms with Gasteiger partial charge < -0.3 is 10.2 Å². The van der Waals surface area contributed by atoms with E-state index in [1.54, 1.807) is 0 Å². The van der Waals surface area contributed by atoms with Gasteiger partial charge in [-0.1, -0.05) is 17.7 Å². The molecule has 0 bridgehead atoms. The first-order valence-corrected chi connectivity index (χ1v) is 11.6. The highest BCUT2D eigenvalue weighted by molar-refractivity contribution is 7.88. The molecule has 2 heterocycles. The van der Waals surface area contributed by atoms with Crippen LogP contribution in [0.4, 0.5) is 4.39 Å². The summed E-state index contributed by atoms with van der Waals surface area (Å²) in [7, 11) is -1.62. The zero-order chi connectivity index (χ0) is 20.3. The van der Waals surface area contributed by atoms with Gasteiger partial charge in [0.05, 0.1) is 5.75 Å². The first-order valence-electron chi connectivity index (χ1n) is 9.66. The molecule has 0 aliphatic carbocycles. The van der Waals surface area contributed by atoms with Gasteiger partial charge in [-0.05, 0) is 58.0 Å². The number of hydrogen-bond acceptors (Lipinski definition) is 4. The van der Waals surface area contributed by atoms with E-state index in [0.717, 1.165) is 25.9 Å². The summed E-state index contributed by atoms with van der Waals surface area (Å²) in [6.07, 6.45) is 2.84. The number of likely N-dealkylation sites (tertiary alicyclic amines) is 1. The molecule has 156 valence electrons. The fourth-order valence-electron chi connectivity index (χ4n) is 3.81. The van der Waals surface area contributed by atoms with Crippen molar-refractivity contribution in [3.63, 3.8) is 0 Å². The van der Waals surface area contributed by atoms with Crippen molar-refractivity contribution in [2.24, 2.45) is 5.92 Å². The Morgan fingerprint density at radius 2 is 1.82 bits per heavy atom. The second-order valence-corrected chi connectivity index (χ2v) is 10.1. The Bertz CT molecular complexity index is 784. The van der Waals surface area contributed by atoms with E-state index in [2.05, 4.69) is 17.3 Å². The van der Waals surface area contributed by atoms with E-state index in [1.807, 2.05) is 0 Å². The predicted octanol–water partition coefficient (Wildman–Crippen LogP) is 2.23. The summed E-state index contributed by atoms with van der Waals surface area (Å²) >= 11 is 5.96. The molecule has 1 aromatic rings. The van der Waals surface area contributed by atoms with Crippen LogP contribution in [0.5, 0.6) is 0 Å². The SMILES string of the molecule is CN1CCC(NC(=O)C2CCN(S(=O)(=O)Cc3c(F)cccc3Cl)CC2)CC1. The number of carbonyl (C=O) groups excluding carboxylic acids is 1. The normalized spacial score (nSPS) is 21.0. The van der Waals surface area contributed by atoms with E-state index in [-0.39, 0.29) is 41.5 Å². The number of benzene rings is 1. The van der Waals surface area contributed by atoms with Crippen molar-refractivity contribution in [1.29, 1.82) is 0 Å². The number of nitrogens with one attached hydrogen (secondary N) is 1. The zero-order valence-electron chi connectivity index (χ0n) is 16.0. The van der Waals surface area contributed by atoms with Crippen LogP contribution in [0.1, 0.15) is 31.2 Å². The van der Waals surface area contributed by atoms with E-state index in [4.69, 9.17) is 11.6 Å². The molecule has 2 saturated heterocycles. The zero-order valence-corrected chi connectivity index (χ0v) is 17.6. The average molecular weight is 432 g/mol. The lowest BCUT2D eigenvalue weighted by Gasteiger charge is -2.33. The van der Waals surface area contributed by atoms with E-state index in [9.17, 15) is 17.6 Å². The summed E-state index contributed by atoms with van der Waals surface area (Å²) < 4.78 is 40.6. The van der Waals surface area contributed by atoms with Gasteiger partial charge in [-0.25, -0.2) is 17.1 Å². The molecule has 3 rings (SSSR count). The summed E-state index contributed by atoms with van der Waals surface area (Å²) in [6, 6.07) is 4.34. The number of carbonyl (C=O) groups is 1. The maximum Gasteiger partial charge on any atom is 0.223 e. The Balaban J connectivity index is 1.53. The van der Waals surface area contributed by atoms with Crippen molar-refractivity contribution in [2.45, 2.75) is 37.5 Å². The molecule has 1 amide bonds. The number of amides is 1. The summed E-state index contributed by atoms with van der Waals surface area (Å²) in [5, 5.41) is 3.22. The highest BCUT2D eigenvalue weighted by Crippen LogP contribution is 2.26. The Morgan fingerprint density at radius 1 is 1.18 bits per heavy atom. The molecule has 6 nitrogen and oxygen atoms in total. The molecule has 2 aliphatic heterocycles. The molecular formula is C19H27ClFN3O3S. The minimum atomic E-state index is -3.69. The summed E-state index contributed by atoms with van der Waals surface area (Å²) in [4.78, 5) is 14.8. The van der Waals surface area contributed by atoms with Gasteiger partial charge in [-0.3, -0.25) is 4.79 Å². The lowest BCUT2D eigenvalue weighted by atomic mass is 9.96. The van der Waals surface area contributed by atoms with Gasteiger partial charge in [0, 0.05) is 35.6 Å². The number of rotatable bonds is 5. The molecule has 0 atom stereocenters. The van der Waals surface area contributed by atoms with E-state index >= 15 is 0 Å². The van der Waals surface area contributed by atoms with Crippen molar-refractivity contribution in [2.75, 3.05) is 33.2 Å². The van der Waals surface area contributed by atoms with Crippen molar-refractivity contribution in [3.8, 4) is 0 Å². The Kier molecular flexibility index (Phi) is 6.96. The van der Waals surface area contributed by atoms with E-state index < -0.39 is 21.6 Å². The minimum absolute atomic E-state index is 0.00806. The highest BCUT2D eigenvalue weighted by Gasteiger charge is 2.33. The molecule has 9 heteroatoms. The van der Waals surface area contributed by atoms with Gasteiger partial charge in [0.25, 0.3) is 0 Å². The first kappa shape index (κ1) is 21.5. The van der Waals surface area contributed by atoms with Crippen molar-refractivity contribution in [3.05, 3.63) is 34.6 Å². The van der Waals surface area contributed by atoms with Crippen LogP contribution in [-0.4, -0.2) is 62.8 Å². The standard InChI is InChI=1S/C19H27ClFN3O3S/c1-23-9-7-15(8-10-23)22-19(25)14-5-11-24(12-6-14)28(26,27)13-16-17(20)3-2-4-18(16)21/h2-4,14-15H,5-13H2,1H3,(H,22,25). The monoisotopic (exact) mass is 431 g/mol. The molecule has 2 fully saturated rings. The molecule has 1 aromatic carbocycles. The average Bonchev–Trinajstić information content (AvgIpc) is 2.67. The summed E-state index contributed by atoms with van der Waals surface area (Å²) in [5.74, 6) is -1.25. The fourth-order valence-corrected chi connectivity index (χ4v) is 5.73. The lowest BCUT2D eigenvalue weighted by molar-refractivity contribution is -0.127. The third kappa shape index (κ3) is 5.23. The third-order valence-electron chi connectivity index (χ3n) is 5.67. The molecule has 28 heavy (non-hydrogen) atoms. The second kappa shape index (κ2) is 9.07. The number of hydrogen-bond donors (Lipinski definition) is 1. The van der Waals surface area contributed by atoms with Crippen LogP contribution in [0.2, 0.25) is 5.02 Å². The predicted molar refractivity (Wildman–Crippen MR) is 107 cm³/mol. The quantitative estimate of drug-likeness (QED) is 0.776.